The van der Waals surface area contributed by atoms with E-state index in [1.54, 1.807) is 27.2 Å². The molecule has 0 fully saturated rings. The largest absolute Gasteiger partial charge is 0.493 e. The number of nitrogens with zero attached hydrogens (tertiary/aromatic N) is 2. The predicted octanol–water partition coefficient (Wildman–Crippen LogP) is 2.27. The van der Waals surface area contributed by atoms with E-state index in [0.717, 1.165) is 5.56 Å². The molecule has 0 bridgehead atoms. The van der Waals surface area contributed by atoms with Crippen molar-refractivity contribution in [2.45, 2.75) is 26.3 Å². The number of methoxy groups -OCH3 is 2. The van der Waals surface area contributed by atoms with Crippen LogP contribution in [0.3, 0.4) is 0 Å². The van der Waals surface area contributed by atoms with Gasteiger partial charge in [0, 0.05) is 36.4 Å². The van der Waals surface area contributed by atoms with E-state index in [0.29, 0.717) is 41.3 Å². The third-order valence-corrected chi connectivity index (χ3v) is 5.42. The Balaban J connectivity index is 1.79. The van der Waals surface area contributed by atoms with Crippen molar-refractivity contribution in [2.24, 2.45) is 0 Å². The molecule has 0 aliphatic heterocycles. The highest BCUT2D eigenvalue weighted by atomic mass is 19.1. The minimum absolute atomic E-state index is 0.127. The zero-order valence-electron chi connectivity index (χ0n) is 19.4. The number of carbonyl (C=O) groups is 1. The van der Waals surface area contributed by atoms with Crippen molar-refractivity contribution < 1.29 is 23.8 Å². The molecular formula is C25H28FN3O5. The molecule has 1 aromatic heterocycles. The van der Waals surface area contributed by atoms with Crippen LogP contribution in [0, 0.1) is 12.7 Å². The molecule has 0 radical (unpaired) electrons. The van der Waals surface area contributed by atoms with Crippen molar-refractivity contribution in [1.29, 1.82) is 0 Å². The monoisotopic (exact) mass is 469 g/mol. The first-order chi connectivity index (χ1) is 16.4. The van der Waals surface area contributed by atoms with Crippen LogP contribution in [0.15, 0.2) is 47.3 Å². The van der Waals surface area contributed by atoms with Crippen molar-refractivity contribution in [3.8, 4) is 22.9 Å². The van der Waals surface area contributed by atoms with Gasteiger partial charge < -0.3 is 19.9 Å². The molecule has 0 aliphatic rings. The maximum Gasteiger partial charge on any atom is 0.257 e. The quantitative estimate of drug-likeness (QED) is 0.472. The van der Waals surface area contributed by atoms with Crippen molar-refractivity contribution in [3.05, 3.63) is 75.5 Å². The molecule has 3 rings (SSSR count). The Morgan fingerprint density at radius 3 is 2.44 bits per heavy atom. The number of aliphatic hydroxyl groups is 1. The van der Waals surface area contributed by atoms with Gasteiger partial charge in [0.2, 0.25) is 5.91 Å². The predicted molar refractivity (Wildman–Crippen MR) is 126 cm³/mol. The van der Waals surface area contributed by atoms with Crippen molar-refractivity contribution >= 4 is 5.91 Å². The van der Waals surface area contributed by atoms with Gasteiger partial charge in [-0.2, -0.15) is 0 Å². The van der Waals surface area contributed by atoms with Gasteiger partial charge in [-0.15, -0.1) is 0 Å². The van der Waals surface area contributed by atoms with Crippen LogP contribution in [-0.2, 0) is 24.2 Å². The molecule has 0 saturated carbocycles. The van der Waals surface area contributed by atoms with E-state index in [2.05, 4.69) is 10.3 Å². The zero-order valence-corrected chi connectivity index (χ0v) is 19.4. The molecule has 9 heteroatoms. The van der Waals surface area contributed by atoms with Crippen LogP contribution < -0.4 is 20.3 Å². The average Bonchev–Trinajstić information content (AvgIpc) is 2.83. The summed E-state index contributed by atoms with van der Waals surface area (Å²) < 4.78 is 25.2. The molecule has 1 heterocycles. The number of benzene rings is 2. The average molecular weight is 470 g/mol. The summed E-state index contributed by atoms with van der Waals surface area (Å²) >= 11 is 0. The summed E-state index contributed by atoms with van der Waals surface area (Å²) in [5.41, 5.74) is 1.85. The van der Waals surface area contributed by atoms with Crippen LogP contribution >= 0.6 is 0 Å². The van der Waals surface area contributed by atoms with Gasteiger partial charge in [-0.1, -0.05) is 6.07 Å². The molecule has 8 nitrogen and oxygen atoms in total. The lowest BCUT2D eigenvalue weighted by Gasteiger charge is -2.16. The van der Waals surface area contributed by atoms with Gasteiger partial charge in [-0.25, -0.2) is 9.37 Å². The SMILES string of the molecule is COc1ccc(CCNC(=O)Cn2c(-c3ccc(F)cc3)nc(C)c(CCO)c2=O)cc1OC. The Kier molecular flexibility index (Phi) is 8.37. The fourth-order valence-corrected chi connectivity index (χ4v) is 3.65. The molecule has 0 aliphatic carbocycles. The first-order valence-electron chi connectivity index (χ1n) is 10.8. The Bertz CT molecular complexity index is 1210. The van der Waals surface area contributed by atoms with Crippen LogP contribution in [0.25, 0.3) is 11.4 Å². The second-order valence-electron chi connectivity index (χ2n) is 7.66. The molecule has 34 heavy (non-hydrogen) atoms. The van der Waals surface area contributed by atoms with Gasteiger partial charge >= 0.3 is 0 Å². The molecule has 2 aromatic carbocycles. The number of hydrogen-bond donors (Lipinski definition) is 2. The highest BCUT2D eigenvalue weighted by Gasteiger charge is 2.18. The summed E-state index contributed by atoms with van der Waals surface area (Å²) in [6.45, 7) is 1.54. The summed E-state index contributed by atoms with van der Waals surface area (Å²) in [5.74, 6) is 0.697. The lowest BCUT2D eigenvalue weighted by molar-refractivity contribution is -0.121. The van der Waals surface area contributed by atoms with Crippen LogP contribution in [0.1, 0.15) is 16.8 Å². The van der Waals surface area contributed by atoms with Gasteiger partial charge in [-0.3, -0.25) is 14.2 Å². The second kappa shape index (κ2) is 11.4. The third-order valence-electron chi connectivity index (χ3n) is 5.42. The highest BCUT2D eigenvalue weighted by Crippen LogP contribution is 2.27. The molecular weight excluding hydrogens is 441 g/mol. The maximum absolute atomic E-state index is 13.4. The Morgan fingerprint density at radius 1 is 1.09 bits per heavy atom. The van der Waals surface area contributed by atoms with Crippen LogP contribution in [0.5, 0.6) is 11.5 Å². The number of halogens is 1. The summed E-state index contributed by atoms with van der Waals surface area (Å²) in [6, 6.07) is 11.1. The molecule has 1 amide bonds. The Labute approximate surface area is 197 Å². The number of hydrogen-bond acceptors (Lipinski definition) is 6. The summed E-state index contributed by atoms with van der Waals surface area (Å²) in [6.07, 6.45) is 0.677. The standard InChI is InChI=1S/C25H28FN3O5/c1-16-20(11-13-30)25(32)29(24(28-16)18-5-7-19(26)8-6-18)15-23(31)27-12-10-17-4-9-21(33-2)22(14-17)34-3/h4-9,14,30H,10-13,15H2,1-3H3,(H,27,31). The maximum atomic E-state index is 13.4. The number of aryl methyl sites for hydroxylation is 1. The second-order valence-corrected chi connectivity index (χ2v) is 7.66. The van der Waals surface area contributed by atoms with E-state index >= 15 is 0 Å². The molecule has 2 N–H and O–H groups in total. The van der Waals surface area contributed by atoms with Gasteiger partial charge in [0.25, 0.3) is 5.56 Å². The number of amides is 1. The molecule has 3 aromatic rings. The topological polar surface area (TPSA) is 103 Å². The summed E-state index contributed by atoms with van der Waals surface area (Å²) in [4.78, 5) is 30.3. The Hall–Kier alpha value is -3.72. The van der Waals surface area contributed by atoms with E-state index in [-0.39, 0.29) is 31.3 Å². The Morgan fingerprint density at radius 2 is 1.79 bits per heavy atom. The first-order valence-corrected chi connectivity index (χ1v) is 10.8. The minimum atomic E-state index is -0.417. The van der Waals surface area contributed by atoms with Gasteiger partial charge in [-0.05, 0) is 55.3 Å². The summed E-state index contributed by atoms with van der Waals surface area (Å²) in [7, 11) is 3.12. The van der Waals surface area contributed by atoms with Gasteiger partial charge in [0.15, 0.2) is 11.5 Å². The number of ether oxygens (including phenoxy) is 2. The number of nitrogens with one attached hydrogen (secondary N) is 1. The number of carbonyl (C=O) groups excluding carboxylic acids is 1. The lowest BCUT2D eigenvalue weighted by atomic mass is 10.1. The first kappa shape index (κ1) is 24.9. The summed E-state index contributed by atoms with van der Waals surface area (Å²) in [5, 5.41) is 12.2. The minimum Gasteiger partial charge on any atom is -0.493 e. The third kappa shape index (κ3) is 5.79. The normalized spacial score (nSPS) is 10.7. The van der Waals surface area contributed by atoms with Crippen LogP contribution in [0.4, 0.5) is 4.39 Å². The number of aromatic nitrogens is 2. The van der Waals surface area contributed by atoms with Crippen molar-refractivity contribution in [3.63, 3.8) is 0 Å². The van der Waals surface area contributed by atoms with E-state index in [9.17, 15) is 19.1 Å². The number of rotatable bonds is 10. The van der Waals surface area contributed by atoms with Gasteiger partial charge in [0.1, 0.15) is 18.2 Å². The fraction of sp³-hybridized carbons (Fsp3) is 0.320. The van der Waals surface area contributed by atoms with E-state index in [1.807, 2.05) is 12.1 Å². The fourth-order valence-electron chi connectivity index (χ4n) is 3.65. The van der Waals surface area contributed by atoms with Crippen LogP contribution in [0.2, 0.25) is 0 Å². The molecule has 0 saturated heterocycles. The molecule has 180 valence electrons. The number of aliphatic hydroxyl groups excluding tert-OH is 1. The van der Waals surface area contributed by atoms with E-state index in [1.165, 1.54) is 28.8 Å². The van der Waals surface area contributed by atoms with E-state index < -0.39 is 11.4 Å². The lowest BCUT2D eigenvalue weighted by Crippen LogP contribution is -2.36. The molecule has 0 spiro atoms. The smallest absolute Gasteiger partial charge is 0.257 e. The van der Waals surface area contributed by atoms with Crippen molar-refractivity contribution in [2.75, 3.05) is 27.4 Å². The molecule has 0 atom stereocenters. The van der Waals surface area contributed by atoms with Crippen molar-refractivity contribution in [1.82, 2.24) is 14.9 Å². The molecule has 0 unspecified atom stereocenters. The highest BCUT2D eigenvalue weighted by molar-refractivity contribution is 5.76. The van der Waals surface area contributed by atoms with Crippen LogP contribution in [-0.4, -0.2) is 47.9 Å². The zero-order chi connectivity index (χ0) is 24.7. The van der Waals surface area contributed by atoms with E-state index in [4.69, 9.17) is 9.47 Å². The van der Waals surface area contributed by atoms with Gasteiger partial charge in [0.05, 0.1) is 14.2 Å².